The van der Waals surface area contributed by atoms with Crippen LogP contribution in [0.5, 0.6) is 0 Å². The quantitative estimate of drug-likeness (QED) is 0.834. The second kappa shape index (κ2) is 7.13. The minimum Gasteiger partial charge on any atom is -0.481 e. The Morgan fingerprint density at radius 1 is 1.28 bits per heavy atom. The van der Waals surface area contributed by atoms with Crippen molar-refractivity contribution in [2.24, 2.45) is 5.92 Å². The summed E-state index contributed by atoms with van der Waals surface area (Å²) in [5.41, 5.74) is 2.14. The van der Waals surface area contributed by atoms with Crippen LogP contribution in [0.4, 0.5) is 0 Å². The van der Waals surface area contributed by atoms with Gasteiger partial charge in [0.1, 0.15) is 12.2 Å². The Morgan fingerprint density at radius 3 is 2.56 bits per heavy atom. The molecule has 1 heterocycles. The van der Waals surface area contributed by atoms with Gasteiger partial charge in [0.05, 0.1) is 11.8 Å². The highest BCUT2D eigenvalue weighted by Gasteiger charge is 2.36. The van der Waals surface area contributed by atoms with Gasteiger partial charge in [0.2, 0.25) is 0 Å². The molecule has 2 aromatic rings. The maximum absolute atomic E-state index is 13.3. The molecule has 0 bridgehead atoms. The zero-order valence-corrected chi connectivity index (χ0v) is 14.6. The normalized spacial score (nSPS) is 15.0. The zero-order valence-electron chi connectivity index (χ0n) is 14.6. The molecule has 0 saturated heterocycles. The van der Waals surface area contributed by atoms with Gasteiger partial charge in [0.15, 0.2) is 0 Å². The van der Waals surface area contributed by atoms with Crippen molar-refractivity contribution in [2.75, 3.05) is 0 Å². The smallest absolute Gasteiger partial charge is 0.311 e. The summed E-state index contributed by atoms with van der Waals surface area (Å²) in [7, 11) is 0. The Hall–Kier alpha value is -2.56. The largest absolute Gasteiger partial charge is 0.481 e. The number of rotatable bonds is 7. The highest BCUT2D eigenvalue weighted by molar-refractivity contribution is 5.97. The topological polar surface area (TPSA) is 70.7 Å². The average molecular weight is 341 g/mol. The first-order valence-electron chi connectivity index (χ1n) is 8.61. The van der Waals surface area contributed by atoms with Gasteiger partial charge in [-0.05, 0) is 38.2 Å². The van der Waals surface area contributed by atoms with Gasteiger partial charge in [-0.1, -0.05) is 30.3 Å². The molecule has 3 rings (SSSR count). The fourth-order valence-corrected chi connectivity index (χ4v) is 3.21. The number of carboxylic acids is 1. The molecule has 1 aliphatic rings. The van der Waals surface area contributed by atoms with Crippen molar-refractivity contribution in [3.8, 4) is 0 Å². The van der Waals surface area contributed by atoms with Gasteiger partial charge < -0.3 is 14.4 Å². The maximum atomic E-state index is 13.3. The van der Waals surface area contributed by atoms with Crippen molar-refractivity contribution >= 4 is 11.9 Å². The summed E-state index contributed by atoms with van der Waals surface area (Å²) in [4.78, 5) is 26.2. The van der Waals surface area contributed by atoms with Gasteiger partial charge in [-0.2, -0.15) is 0 Å². The van der Waals surface area contributed by atoms with Crippen molar-refractivity contribution in [2.45, 2.75) is 45.7 Å². The van der Waals surface area contributed by atoms with E-state index in [1.54, 1.807) is 6.92 Å². The Balaban J connectivity index is 1.91. The summed E-state index contributed by atoms with van der Waals surface area (Å²) < 4.78 is 5.36. The van der Waals surface area contributed by atoms with E-state index in [1.165, 1.54) is 6.26 Å². The van der Waals surface area contributed by atoms with Crippen molar-refractivity contribution in [3.05, 3.63) is 59.0 Å². The third kappa shape index (κ3) is 3.92. The van der Waals surface area contributed by atoms with E-state index in [1.807, 2.05) is 35.2 Å². The average Bonchev–Trinajstić information content (AvgIpc) is 3.37. The number of aliphatic carboxylic acids is 1. The maximum Gasteiger partial charge on any atom is 0.311 e. The summed E-state index contributed by atoms with van der Waals surface area (Å²) >= 11 is 0. The van der Waals surface area contributed by atoms with Crippen LogP contribution in [0.25, 0.3) is 0 Å². The Labute approximate surface area is 147 Å². The van der Waals surface area contributed by atoms with Gasteiger partial charge in [-0.3, -0.25) is 9.59 Å². The summed E-state index contributed by atoms with van der Waals surface area (Å²) in [5, 5.41) is 9.08. The summed E-state index contributed by atoms with van der Waals surface area (Å²) in [6, 6.07) is 9.98. The lowest BCUT2D eigenvalue weighted by Gasteiger charge is -2.30. The van der Waals surface area contributed by atoms with E-state index in [0.29, 0.717) is 23.6 Å². The molecule has 1 amide bonds. The highest BCUT2D eigenvalue weighted by Crippen LogP contribution is 2.36. The Morgan fingerprint density at radius 2 is 1.96 bits per heavy atom. The van der Waals surface area contributed by atoms with Crippen LogP contribution in [0.15, 0.2) is 41.0 Å². The number of hydrogen-bond donors (Lipinski definition) is 1. The molecule has 0 aliphatic heterocycles. The number of nitrogens with zero attached hydrogens (tertiary/aromatic N) is 1. The number of carboxylic acid groups (broad SMARTS) is 1. The van der Waals surface area contributed by atoms with Crippen LogP contribution in [0.1, 0.15) is 47.0 Å². The van der Waals surface area contributed by atoms with Crippen LogP contribution in [-0.4, -0.2) is 27.9 Å². The van der Waals surface area contributed by atoms with Crippen molar-refractivity contribution in [1.29, 1.82) is 0 Å². The lowest BCUT2D eigenvalue weighted by molar-refractivity contribution is -0.136. The molecule has 1 unspecified atom stereocenters. The van der Waals surface area contributed by atoms with E-state index >= 15 is 0 Å². The van der Waals surface area contributed by atoms with Gasteiger partial charge in [0.25, 0.3) is 5.91 Å². The van der Waals surface area contributed by atoms with Gasteiger partial charge in [0, 0.05) is 18.2 Å². The van der Waals surface area contributed by atoms with Gasteiger partial charge in [-0.15, -0.1) is 0 Å². The molecule has 1 fully saturated rings. The number of carbonyl (C=O) groups excluding carboxylic acids is 1. The fraction of sp³-hybridized carbons (Fsp3) is 0.400. The van der Waals surface area contributed by atoms with Crippen LogP contribution in [-0.2, 0) is 17.8 Å². The van der Waals surface area contributed by atoms with Gasteiger partial charge in [-0.25, -0.2) is 0 Å². The lowest BCUT2D eigenvalue weighted by Crippen LogP contribution is -2.40. The number of carbonyl (C=O) groups is 2. The SMILES string of the molecule is Cc1coc(CC(=O)O)c1C(=O)N(Cc1ccccc1)C(C)C1CC1. The predicted molar refractivity (Wildman–Crippen MR) is 93.3 cm³/mol. The van der Waals surface area contributed by atoms with Crippen molar-refractivity contribution in [3.63, 3.8) is 0 Å². The van der Waals surface area contributed by atoms with E-state index < -0.39 is 5.97 Å². The molecule has 1 aromatic carbocycles. The Bertz CT molecular complexity index is 761. The fourth-order valence-electron chi connectivity index (χ4n) is 3.21. The van der Waals surface area contributed by atoms with Crippen LogP contribution in [0.3, 0.4) is 0 Å². The molecule has 25 heavy (non-hydrogen) atoms. The van der Waals surface area contributed by atoms with E-state index in [4.69, 9.17) is 9.52 Å². The molecule has 0 spiro atoms. The monoisotopic (exact) mass is 341 g/mol. The summed E-state index contributed by atoms with van der Waals surface area (Å²) in [6.07, 6.45) is 3.44. The van der Waals surface area contributed by atoms with Crippen LogP contribution in [0.2, 0.25) is 0 Å². The predicted octanol–water partition coefficient (Wildman–Crippen LogP) is 3.66. The molecule has 1 saturated carbocycles. The van der Waals surface area contributed by atoms with E-state index in [0.717, 1.165) is 18.4 Å². The van der Waals surface area contributed by atoms with Crippen LogP contribution in [0, 0.1) is 12.8 Å². The van der Waals surface area contributed by atoms with Crippen LogP contribution >= 0.6 is 0 Å². The molecule has 1 atom stereocenters. The van der Waals surface area contributed by atoms with E-state index in [9.17, 15) is 9.59 Å². The first-order valence-corrected chi connectivity index (χ1v) is 8.61. The number of aryl methyl sites for hydroxylation is 1. The zero-order chi connectivity index (χ0) is 18.0. The molecule has 5 heteroatoms. The molecule has 1 N–H and O–H groups in total. The first-order chi connectivity index (χ1) is 12.0. The molecule has 132 valence electrons. The lowest BCUT2D eigenvalue weighted by atomic mass is 10.0. The van der Waals surface area contributed by atoms with Crippen molar-refractivity contribution < 1.29 is 19.1 Å². The highest BCUT2D eigenvalue weighted by atomic mass is 16.4. The molecule has 0 radical (unpaired) electrons. The molecule has 5 nitrogen and oxygen atoms in total. The van der Waals surface area contributed by atoms with E-state index in [-0.39, 0.29) is 24.1 Å². The Kier molecular flexibility index (Phi) is 4.93. The summed E-state index contributed by atoms with van der Waals surface area (Å²) in [5.74, 6) is -0.405. The minimum atomic E-state index is -1.01. The molecule has 1 aromatic heterocycles. The minimum absolute atomic E-state index is 0.111. The second-order valence-electron chi connectivity index (χ2n) is 6.78. The number of amides is 1. The van der Waals surface area contributed by atoms with Crippen molar-refractivity contribution in [1.82, 2.24) is 4.90 Å². The van der Waals surface area contributed by atoms with Gasteiger partial charge >= 0.3 is 5.97 Å². The number of hydrogen-bond acceptors (Lipinski definition) is 3. The summed E-state index contributed by atoms with van der Waals surface area (Å²) in [6.45, 7) is 4.36. The standard InChI is InChI=1S/C20H23NO4/c1-13-12-25-17(10-18(22)23)19(13)20(24)21(14(2)16-8-9-16)11-15-6-4-3-5-7-15/h3-7,12,14,16H,8-11H2,1-2H3,(H,22,23). The molecular weight excluding hydrogens is 318 g/mol. The number of furan rings is 1. The third-order valence-corrected chi connectivity index (χ3v) is 4.83. The molecule has 1 aliphatic carbocycles. The molecular formula is C20H23NO4. The van der Waals surface area contributed by atoms with E-state index in [2.05, 4.69) is 6.92 Å². The number of benzene rings is 1. The first kappa shape index (κ1) is 17.3. The second-order valence-corrected chi connectivity index (χ2v) is 6.78. The van der Waals surface area contributed by atoms with Crippen LogP contribution < -0.4 is 0 Å². The third-order valence-electron chi connectivity index (χ3n) is 4.83.